The van der Waals surface area contributed by atoms with Gasteiger partial charge in [0.25, 0.3) is 0 Å². The first-order chi connectivity index (χ1) is 6.84. The van der Waals surface area contributed by atoms with E-state index < -0.39 is 0 Å². The van der Waals surface area contributed by atoms with Gasteiger partial charge in [0.05, 0.1) is 10.8 Å². The molecule has 3 aromatic rings. The van der Waals surface area contributed by atoms with Crippen molar-refractivity contribution in [1.29, 1.82) is 0 Å². The highest BCUT2D eigenvalue weighted by molar-refractivity contribution is 6.01. The van der Waals surface area contributed by atoms with Crippen molar-refractivity contribution >= 4 is 22.2 Å². The number of furan rings is 1. The van der Waals surface area contributed by atoms with Crippen LogP contribution in [0.4, 0.5) is 0 Å². The van der Waals surface area contributed by atoms with Gasteiger partial charge in [-0.1, -0.05) is 0 Å². The van der Waals surface area contributed by atoms with E-state index in [0.29, 0.717) is 17.3 Å². The van der Waals surface area contributed by atoms with Crippen LogP contribution in [-0.2, 0) is 0 Å². The van der Waals surface area contributed by atoms with Crippen LogP contribution in [0.25, 0.3) is 22.2 Å². The van der Waals surface area contributed by atoms with Gasteiger partial charge in [0, 0.05) is 12.4 Å². The lowest BCUT2D eigenvalue weighted by atomic mass is 10.3. The van der Waals surface area contributed by atoms with Crippen molar-refractivity contribution in [3.8, 4) is 0 Å². The number of pyridine rings is 1. The number of hydrogen-bond acceptors (Lipinski definition) is 4. The normalized spacial score (nSPS) is 11.2. The third kappa shape index (κ3) is 0.907. The van der Waals surface area contributed by atoms with Gasteiger partial charge in [0.15, 0.2) is 0 Å². The van der Waals surface area contributed by atoms with Crippen LogP contribution in [0.2, 0.25) is 0 Å². The molecule has 0 amide bonds. The quantitative estimate of drug-likeness (QED) is 0.538. The zero-order chi connectivity index (χ0) is 9.54. The molecule has 3 rings (SSSR count). The molecule has 0 unspecified atom stereocenters. The third-order valence-corrected chi connectivity index (χ3v) is 2.13. The minimum atomic E-state index is 0.603. The van der Waals surface area contributed by atoms with E-state index in [-0.39, 0.29) is 0 Å². The molecule has 0 aliphatic heterocycles. The SMILES string of the molecule is Cc1ncc2c(n1)oc1ncccc12. The van der Waals surface area contributed by atoms with Gasteiger partial charge < -0.3 is 4.42 Å². The van der Waals surface area contributed by atoms with Crippen LogP contribution in [0.5, 0.6) is 0 Å². The standard InChI is InChI=1S/C10H7N3O/c1-6-12-5-8-7-3-2-4-11-9(7)14-10(8)13-6/h2-5H,1H3. The van der Waals surface area contributed by atoms with Crippen LogP contribution < -0.4 is 0 Å². The average Bonchev–Trinajstić information content (AvgIpc) is 2.54. The van der Waals surface area contributed by atoms with Crippen LogP contribution >= 0.6 is 0 Å². The summed E-state index contributed by atoms with van der Waals surface area (Å²) >= 11 is 0. The second-order valence-corrected chi connectivity index (χ2v) is 3.09. The van der Waals surface area contributed by atoms with Crippen LogP contribution in [0, 0.1) is 6.92 Å². The van der Waals surface area contributed by atoms with Crippen molar-refractivity contribution in [3.63, 3.8) is 0 Å². The molecule has 0 aliphatic rings. The van der Waals surface area contributed by atoms with Crippen LogP contribution in [-0.4, -0.2) is 15.0 Å². The molecule has 0 fully saturated rings. The Bertz CT molecular complexity index is 615. The summed E-state index contributed by atoms with van der Waals surface area (Å²) in [6.45, 7) is 1.83. The summed E-state index contributed by atoms with van der Waals surface area (Å²) in [6.07, 6.45) is 3.47. The Kier molecular flexibility index (Phi) is 1.33. The maximum Gasteiger partial charge on any atom is 0.232 e. The lowest BCUT2D eigenvalue weighted by Gasteiger charge is -1.88. The van der Waals surface area contributed by atoms with Crippen molar-refractivity contribution in [2.75, 3.05) is 0 Å². The first-order valence-corrected chi connectivity index (χ1v) is 4.31. The van der Waals surface area contributed by atoms with Gasteiger partial charge in [-0.2, -0.15) is 4.98 Å². The zero-order valence-electron chi connectivity index (χ0n) is 7.56. The van der Waals surface area contributed by atoms with Crippen LogP contribution in [0.1, 0.15) is 5.82 Å². The predicted molar refractivity (Wildman–Crippen MR) is 51.8 cm³/mol. The highest BCUT2D eigenvalue weighted by atomic mass is 16.3. The molecule has 0 saturated carbocycles. The molecule has 0 aromatic carbocycles. The summed E-state index contributed by atoms with van der Waals surface area (Å²) in [5.74, 6) is 0.705. The summed E-state index contributed by atoms with van der Waals surface area (Å²) in [5, 5.41) is 1.88. The fraction of sp³-hybridized carbons (Fsp3) is 0.100. The van der Waals surface area contributed by atoms with E-state index in [1.54, 1.807) is 12.4 Å². The molecule has 0 bridgehead atoms. The molecule has 0 radical (unpaired) electrons. The van der Waals surface area contributed by atoms with Gasteiger partial charge in [-0.15, -0.1) is 0 Å². The van der Waals surface area contributed by atoms with E-state index in [4.69, 9.17) is 4.42 Å². The molecule has 0 spiro atoms. The highest BCUT2D eigenvalue weighted by Gasteiger charge is 2.08. The Balaban J connectivity index is 2.57. The minimum absolute atomic E-state index is 0.603. The number of fused-ring (bicyclic) bond motifs is 3. The fourth-order valence-electron chi connectivity index (χ4n) is 1.48. The molecule has 4 heteroatoms. The fourth-order valence-corrected chi connectivity index (χ4v) is 1.48. The topological polar surface area (TPSA) is 51.8 Å². The van der Waals surface area contributed by atoms with Crippen molar-refractivity contribution in [1.82, 2.24) is 15.0 Å². The van der Waals surface area contributed by atoms with E-state index in [2.05, 4.69) is 15.0 Å². The third-order valence-electron chi connectivity index (χ3n) is 2.13. The van der Waals surface area contributed by atoms with Gasteiger partial charge in [-0.3, -0.25) is 0 Å². The largest absolute Gasteiger partial charge is 0.419 e. The molecular weight excluding hydrogens is 178 g/mol. The van der Waals surface area contributed by atoms with E-state index in [1.165, 1.54) is 0 Å². The van der Waals surface area contributed by atoms with Crippen LogP contribution in [0.3, 0.4) is 0 Å². The first kappa shape index (κ1) is 7.44. The highest BCUT2D eigenvalue weighted by Crippen LogP contribution is 2.24. The summed E-state index contributed by atoms with van der Waals surface area (Å²) in [5.41, 5.74) is 1.22. The molecule has 0 saturated heterocycles. The van der Waals surface area contributed by atoms with Crippen molar-refractivity contribution in [2.45, 2.75) is 6.92 Å². The zero-order valence-corrected chi connectivity index (χ0v) is 7.56. The molecular formula is C10H7N3O. The van der Waals surface area contributed by atoms with Gasteiger partial charge in [-0.25, -0.2) is 9.97 Å². The predicted octanol–water partition coefficient (Wildman–Crippen LogP) is 2.08. The average molecular weight is 185 g/mol. The monoisotopic (exact) mass is 185 g/mol. The molecule has 0 atom stereocenters. The Morgan fingerprint density at radius 1 is 1.14 bits per heavy atom. The Hall–Kier alpha value is -1.97. The first-order valence-electron chi connectivity index (χ1n) is 4.31. The molecule has 0 N–H and O–H groups in total. The molecule has 14 heavy (non-hydrogen) atoms. The minimum Gasteiger partial charge on any atom is -0.419 e. The summed E-state index contributed by atoms with van der Waals surface area (Å²) < 4.78 is 5.47. The van der Waals surface area contributed by atoms with E-state index in [1.807, 2.05) is 19.1 Å². The maximum absolute atomic E-state index is 5.47. The van der Waals surface area contributed by atoms with E-state index in [0.717, 1.165) is 10.8 Å². The second kappa shape index (κ2) is 2.51. The summed E-state index contributed by atoms with van der Waals surface area (Å²) in [4.78, 5) is 12.4. The molecule has 68 valence electrons. The van der Waals surface area contributed by atoms with Gasteiger partial charge in [-0.05, 0) is 19.1 Å². The number of rotatable bonds is 0. The molecule has 3 aromatic heterocycles. The van der Waals surface area contributed by atoms with Gasteiger partial charge in [0.1, 0.15) is 5.82 Å². The summed E-state index contributed by atoms with van der Waals surface area (Å²) in [7, 11) is 0. The smallest absolute Gasteiger partial charge is 0.232 e. The molecule has 3 heterocycles. The van der Waals surface area contributed by atoms with Gasteiger partial charge >= 0.3 is 0 Å². The van der Waals surface area contributed by atoms with Crippen LogP contribution in [0.15, 0.2) is 28.9 Å². The van der Waals surface area contributed by atoms with Gasteiger partial charge in [0.2, 0.25) is 11.4 Å². The van der Waals surface area contributed by atoms with Crippen molar-refractivity contribution in [3.05, 3.63) is 30.4 Å². The Morgan fingerprint density at radius 3 is 3.00 bits per heavy atom. The van der Waals surface area contributed by atoms with Crippen molar-refractivity contribution in [2.24, 2.45) is 0 Å². The lowest BCUT2D eigenvalue weighted by Crippen LogP contribution is -1.84. The Morgan fingerprint density at radius 2 is 2.07 bits per heavy atom. The maximum atomic E-state index is 5.47. The number of aryl methyl sites for hydroxylation is 1. The van der Waals surface area contributed by atoms with E-state index >= 15 is 0 Å². The summed E-state index contributed by atoms with van der Waals surface area (Å²) in [6, 6.07) is 3.82. The number of hydrogen-bond donors (Lipinski definition) is 0. The molecule has 4 nitrogen and oxygen atoms in total. The van der Waals surface area contributed by atoms with Crippen molar-refractivity contribution < 1.29 is 4.42 Å². The Labute approximate surface area is 79.6 Å². The number of nitrogens with zero attached hydrogens (tertiary/aromatic N) is 3. The second-order valence-electron chi connectivity index (χ2n) is 3.09. The lowest BCUT2D eigenvalue weighted by molar-refractivity contribution is 0.637. The number of aromatic nitrogens is 3. The van der Waals surface area contributed by atoms with E-state index in [9.17, 15) is 0 Å². The molecule has 0 aliphatic carbocycles.